The first-order valence-electron chi connectivity index (χ1n) is 10.3. The van der Waals surface area contributed by atoms with Crippen LogP contribution in [-0.2, 0) is 16.4 Å². The number of ether oxygens (including phenoxy) is 2. The summed E-state index contributed by atoms with van der Waals surface area (Å²) in [6.45, 7) is 1.62. The summed E-state index contributed by atoms with van der Waals surface area (Å²) in [5.74, 6) is 1.91. The maximum Gasteiger partial charge on any atom is 0.261 e. The number of ketones is 1. The minimum Gasteiger partial charge on any atom is -0.454 e. The third-order valence-corrected chi connectivity index (χ3v) is 6.59. The van der Waals surface area contributed by atoms with E-state index < -0.39 is 10.0 Å². The number of benzene rings is 3. The summed E-state index contributed by atoms with van der Waals surface area (Å²) in [6.07, 6.45) is 0.409. The van der Waals surface area contributed by atoms with Gasteiger partial charge >= 0.3 is 0 Å². The Balaban J connectivity index is 1.32. The molecule has 2 heterocycles. The van der Waals surface area contributed by atoms with E-state index in [9.17, 15) is 13.2 Å². The molecule has 1 N–H and O–H groups in total. The number of carbonyl (C=O) groups is 1. The van der Waals surface area contributed by atoms with Gasteiger partial charge in [0.25, 0.3) is 10.0 Å². The molecule has 34 heavy (non-hydrogen) atoms. The Morgan fingerprint density at radius 1 is 0.971 bits per heavy atom. The number of Topliss-reactive ketones (excluding diaryl/α,β-unsaturated/α-hetero) is 1. The van der Waals surface area contributed by atoms with Crippen molar-refractivity contribution in [3.8, 4) is 23.0 Å². The summed E-state index contributed by atoms with van der Waals surface area (Å²) >= 11 is 0. The Morgan fingerprint density at radius 2 is 1.76 bits per heavy atom. The molecule has 0 unspecified atom stereocenters. The zero-order valence-corrected chi connectivity index (χ0v) is 18.8. The van der Waals surface area contributed by atoms with E-state index in [0.717, 1.165) is 5.56 Å². The molecule has 0 bridgehead atoms. The second-order valence-electron chi connectivity index (χ2n) is 7.63. The van der Waals surface area contributed by atoms with Gasteiger partial charge in [-0.15, -0.1) is 10.2 Å². The lowest BCUT2D eigenvalue weighted by atomic mass is 10.1. The van der Waals surface area contributed by atoms with Gasteiger partial charge in [-0.25, -0.2) is 8.42 Å². The second kappa shape index (κ2) is 8.64. The minimum absolute atomic E-state index is 0.0479. The molecule has 0 saturated heterocycles. The minimum atomic E-state index is -3.85. The van der Waals surface area contributed by atoms with Crippen molar-refractivity contribution < 1.29 is 27.1 Å². The SMILES string of the molecule is CC(=O)c1ccc(S(=O)(=O)Nc2cccc(-c3nnc(Cc4ccc5c(c4)OCO5)o3)c2)cc1. The molecule has 0 spiro atoms. The van der Waals surface area contributed by atoms with Crippen LogP contribution in [0.4, 0.5) is 5.69 Å². The number of nitrogens with one attached hydrogen (secondary N) is 1. The van der Waals surface area contributed by atoms with Crippen LogP contribution in [0.3, 0.4) is 0 Å². The number of fused-ring (bicyclic) bond motifs is 1. The quantitative estimate of drug-likeness (QED) is 0.396. The number of hydrogen-bond acceptors (Lipinski definition) is 8. The molecule has 0 fully saturated rings. The molecule has 0 atom stereocenters. The van der Waals surface area contributed by atoms with Gasteiger partial charge in [0.1, 0.15) is 0 Å². The van der Waals surface area contributed by atoms with Gasteiger partial charge in [-0.3, -0.25) is 9.52 Å². The highest BCUT2D eigenvalue weighted by atomic mass is 32.2. The topological polar surface area (TPSA) is 121 Å². The Bertz CT molecular complexity index is 1480. The molecular formula is C24H19N3O6S. The van der Waals surface area contributed by atoms with Crippen LogP contribution in [0.1, 0.15) is 28.7 Å². The number of carbonyl (C=O) groups excluding carboxylic acids is 1. The van der Waals surface area contributed by atoms with E-state index in [0.29, 0.717) is 40.6 Å². The molecule has 0 radical (unpaired) electrons. The van der Waals surface area contributed by atoms with E-state index in [1.807, 2.05) is 18.2 Å². The van der Waals surface area contributed by atoms with E-state index >= 15 is 0 Å². The fourth-order valence-electron chi connectivity index (χ4n) is 3.47. The third kappa shape index (κ3) is 4.48. The van der Waals surface area contributed by atoms with Crippen LogP contribution in [0, 0.1) is 0 Å². The lowest BCUT2D eigenvalue weighted by Gasteiger charge is -2.09. The van der Waals surface area contributed by atoms with Crippen molar-refractivity contribution in [1.82, 2.24) is 10.2 Å². The Morgan fingerprint density at radius 3 is 2.56 bits per heavy atom. The summed E-state index contributed by atoms with van der Waals surface area (Å²) in [5, 5.41) is 8.20. The van der Waals surface area contributed by atoms with Gasteiger partial charge in [0.2, 0.25) is 18.6 Å². The number of hydrogen-bond donors (Lipinski definition) is 1. The Labute approximate surface area is 195 Å². The monoisotopic (exact) mass is 477 g/mol. The number of sulfonamides is 1. The highest BCUT2D eigenvalue weighted by molar-refractivity contribution is 7.92. The first kappa shape index (κ1) is 21.7. The van der Waals surface area contributed by atoms with Crippen LogP contribution in [0.15, 0.2) is 76.0 Å². The number of anilines is 1. The van der Waals surface area contributed by atoms with Crippen LogP contribution in [0.5, 0.6) is 11.5 Å². The van der Waals surface area contributed by atoms with Crippen LogP contribution < -0.4 is 14.2 Å². The average Bonchev–Trinajstić information content (AvgIpc) is 3.48. The molecule has 5 rings (SSSR count). The maximum atomic E-state index is 12.8. The molecule has 1 aliphatic heterocycles. The third-order valence-electron chi connectivity index (χ3n) is 5.19. The molecule has 0 saturated carbocycles. The molecule has 9 nitrogen and oxygen atoms in total. The molecule has 3 aromatic carbocycles. The number of rotatable bonds is 7. The van der Waals surface area contributed by atoms with Crippen molar-refractivity contribution >= 4 is 21.5 Å². The molecule has 1 aliphatic rings. The van der Waals surface area contributed by atoms with Gasteiger partial charge in [-0.1, -0.05) is 24.3 Å². The van der Waals surface area contributed by atoms with Gasteiger partial charge in [-0.2, -0.15) is 0 Å². The number of aromatic nitrogens is 2. The molecule has 4 aromatic rings. The Hall–Kier alpha value is -4.18. The fraction of sp³-hybridized carbons (Fsp3) is 0.125. The lowest BCUT2D eigenvalue weighted by molar-refractivity contribution is 0.101. The van der Waals surface area contributed by atoms with E-state index in [1.54, 1.807) is 24.3 Å². The van der Waals surface area contributed by atoms with Crippen LogP contribution in [0.25, 0.3) is 11.5 Å². The first-order chi connectivity index (χ1) is 16.4. The smallest absolute Gasteiger partial charge is 0.261 e. The summed E-state index contributed by atoms with van der Waals surface area (Å²) in [6, 6.07) is 18.0. The molecule has 172 valence electrons. The van der Waals surface area contributed by atoms with E-state index in [4.69, 9.17) is 13.9 Å². The summed E-state index contributed by atoms with van der Waals surface area (Å²) < 4.78 is 44.5. The highest BCUT2D eigenvalue weighted by Crippen LogP contribution is 2.33. The molecule has 0 amide bonds. The number of nitrogens with zero attached hydrogens (tertiary/aromatic N) is 2. The van der Waals surface area contributed by atoms with E-state index in [2.05, 4.69) is 14.9 Å². The van der Waals surface area contributed by atoms with Gasteiger partial charge in [0, 0.05) is 16.8 Å². The highest BCUT2D eigenvalue weighted by Gasteiger charge is 2.17. The summed E-state index contributed by atoms with van der Waals surface area (Å²) in [5.41, 5.74) is 2.27. The molecule has 1 aromatic heterocycles. The lowest BCUT2D eigenvalue weighted by Crippen LogP contribution is -2.13. The van der Waals surface area contributed by atoms with Crippen LogP contribution in [0.2, 0.25) is 0 Å². The second-order valence-corrected chi connectivity index (χ2v) is 9.31. The van der Waals surface area contributed by atoms with Crippen molar-refractivity contribution in [2.75, 3.05) is 11.5 Å². The van der Waals surface area contributed by atoms with E-state index in [-0.39, 0.29) is 23.4 Å². The van der Waals surface area contributed by atoms with E-state index in [1.165, 1.54) is 31.2 Å². The largest absolute Gasteiger partial charge is 0.454 e. The zero-order chi connectivity index (χ0) is 23.7. The van der Waals surface area contributed by atoms with Crippen molar-refractivity contribution in [3.05, 3.63) is 83.7 Å². The average molecular weight is 477 g/mol. The van der Waals surface area contributed by atoms with Crippen molar-refractivity contribution in [1.29, 1.82) is 0 Å². The molecule has 0 aliphatic carbocycles. The van der Waals surface area contributed by atoms with Crippen LogP contribution >= 0.6 is 0 Å². The predicted molar refractivity (Wildman–Crippen MR) is 122 cm³/mol. The van der Waals surface area contributed by atoms with Gasteiger partial charge in [0.15, 0.2) is 17.3 Å². The normalized spacial score (nSPS) is 12.5. The molecule has 10 heteroatoms. The van der Waals surface area contributed by atoms with Gasteiger partial charge in [-0.05, 0) is 55.0 Å². The van der Waals surface area contributed by atoms with Crippen LogP contribution in [-0.4, -0.2) is 31.2 Å². The maximum absolute atomic E-state index is 12.8. The first-order valence-corrected chi connectivity index (χ1v) is 11.8. The van der Waals surface area contributed by atoms with Crippen molar-refractivity contribution in [2.24, 2.45) is 0 Å². The van der Waals surface area contributed by atoms with Crippen molar-refractivity contribution in [3.63, 3.8) is 0 Å². The Kier molecular flexibility index (Phi) is 5.50. The predicted octanol–water partition coefficient (Wildman–Crippen LogP) is 4.06. The molecular weight excluding hydrogens is 458 g/mol. The zero-order valence-electron chi connectivity index (χ0n) is 18.0. The summed E-state index contributed by atoms with van der Waals surface area (Å²) in [4.78, 5) is 11.5. The van der Waals surface area contributed by atoms with Gasteiger partial charge < -0.3 is 13.9 Å². The fourth-order valence-corrected chi connectivity index (χ4v) is 4.52. The summed E-state index contributed by atoms with van der Waals surface area (Å²) in [7, 11) is -3.85. The van der Waals surface area contributed by atoms with Crippen molar-refractivity contribution in [2.45, 2.75) is 18.2 Å². The van der Waals surface area contributed by atoms with Gasteiger partial charge in [0.05, 0.1) is 11.3 Å². The standard InChI is InChI=1S/C24H19N3O6S/c1-15(28)17-6-8-20(9-7-17)34(29,30)27-19-4-2-3-18(13-19)24-26-25-23(33-24)12-16-5-10-21-22(11-16)32-14-31-21/h2-11,13,27H,12,14H2,1H3.